The lowest BCUT2D eigenvalue weighted by molar-refractivity contribution is 0.204. The van der Waals surface area contributed by atoms with Crippen LogP contribution in [-0.2, 0) is 4.52 Å². The molecule has 1 atom stereocenters. The lowest BCUT2D eigenvalue weighted by Gasteiger charge is -2.19. The highest BCUT2D eigenvalue weighted by molar-refractivity contribution is 7.86. The summed E-state index contributed by atoms with van der Waals surface area (Å²) >= 11 is 5.39. The summed E-state index contributed by atoms with van der Waals surface area (Å²) < 4.78 is 5.13. The number of hydrogen-bond acceptors (Lipinski definition) is 3. The number of rotatable bonds is 2. The topological polar surface area (TPSA) is 49.7 Å². The van der Waals surface area contributed by atoms with Gasteiger partial charge in [0.05, 0.1) is 0 Å². The molecule has 0 heterocycles. The summed E-state index contributed by atoms with van der Waals surface area (Å²) in [6, 6.07) is 11.9. The van der Waals surface area contributed by atoms with Crippen LogP contribution in [0.2, 0.25) is 0 Å². The maximum atomic E-state index is 9.25. The highest BCUT2D eigenvalue weighted by atomic mass is 35.7. The fourth-order valence-electron chi connectivity index (χ4n) is 2.31. The third kappa shape index (κ3) is 2.16. The summed E-state index contributed by atoms with van der Waals surface area (Å²) in [7, 11) is -3.78. The first-order chi connectivity index (χ1) is 8.54. The predicted molar refractivity (Wildman–Crippen MR) is 74.0 cm³/mol. The molecule has 2 aromatic rings. The van der Waals surface area contributed by atoms with Crippen molar-refractivity contribution in [2.75, 3.05) is 0 Å². The molecule has 2 aromatic carbocycles. The Hall–Kier alpha value is -0.960. The number of halogens is 1. The van der Waals surface area contributed by atoms with Crippen LogP contribution < -0.4 is 0 Å². The van der Waals surface area contributed by atoms with Crippen LogP contribution in [0.4, 0.5) is 0 Å². The fraction of sp³-hybridized carbons (Fsp3) is 0.0769. The van der Waals surface area contributed by atoms with E-state index in [9.17, 15) is 9.79 Å². The first-order valence-corrected chi connectivity index (χ1v) is 7.99. The minimum atomic E-state index is -3.78. The largest absolute Gasteiger partial charge is 0.520 e. The van der Waals surface area contributed by atoms with E-state index in [0.29, 0.717) is 0 Å². The Bertz CT molecular complexity index is 628. The monoisotopic (exact) mass is 281 g/mol. The minimum Gasteiger partial charge on any atom is -0.178 e. The van der Waals surface area contributed by atoms with Crippen LogP contribution in [0.5, 0.6) is 0 Å². The molecule has 0 aliphatic heterocycles. The van der Waals surface area contributed by atoms with Gasteiger partial charge in [0.1, 0.15) is 0 Å². The van der Waals surface area contributed by atoms with E-state index in [0.717, 1.165) is 21.9 Å². The van der Waals surface area contributed by atoms with E-state index in [2.05, 4.69) is 0 Å². The standard InChI is InChI=1S/C13H11ClO3P/c14-18(15,16)17-12-8-7-10-4-1-3-9-5-2-6-11(12)13(9)10/h1-8,12,15-16H/q+1. The Morgan fingerprint density at radius 1 is 1.11 bits per heavy atom. The smallest absolute Gasteiger partial charge is 0.178 e. The van der Waals surface area contributed by atoms with Gasteiger partial charge < -0.3 is 0 Å². The normalized spacial score (nSPS) is 18.3. The van der Waals surface area contributed by atoms with Crippen molar-refractivity contribution in [1.29, 1.82) is 0 Å². The molecule has 3 nitrogen and oxygen atoms in total. The molecule has 0 bridgehead atoms. The van der Waals surface area contributed by atoms with E-state index >= 15 is 0 Å². The van der Waals surface area contributed by atoms with Crippen molar-refractivity contribution in [2.24, 2.45) is 0 Å². The van der Waals surface area contributed by atoms with E-state index in [1.54, 1.807) is 6.08 Å². The fourth-order valence-corrected chi connectivity index (χ4v) is 3.04. The second-order valence-electron chi connectivity index (χ2n) is 4.15. The van der Waals surface area contributed by atoms with Crippen molar-refractivity contribution in [3.63, 3.8) is 0 Å². The molecule has 0 spiro atoms. The summed E-state index contributed by atoms with van der Waals surface area (Å²) in [5.74, 6) is 0. The van der Waals surface area contributed by atoms with Gasteiger partial charge in [-0.1, -0.05) is 42.5 Å². The van der Waals surface area contributed by atoms with Gasteiger partial charge in [0.25, 0.3) is 0 Å². The zero-order valence-corrected chi connectivity index (χ0v) is 11.0. The molecule has 1 aliphatic rings. The molecular formula is C13H11ClO3P+. The Morgan fingerprint density at radius 3 is 2.56 bits per heavy atom. The maximum Gasteiger partial charge on any atom is 0.520 e. The molecule has 3 rings (SSSR count). The molecular weight excluding hydrogens is 271 g/mol. The molecule has 18 heavy (non-hydrogen) atoms. The molecule has 0 amide bonds. The van der Waals surface area contributed by atoms with Gasteiger partial charge >= 0.3 is 7.30 Å². The van der Waals surface area contributed by atoms with Crippen LogP contribution >= 0.6 is 18.5 Å². The number of hydrogen-bond donors (Lipinski definition) is 2. The quantitative estimate of drug-likeness (QED) is 0.823. The van der Waals surface area contributed by atoms with Gasteiger partial charge in [0.2, 0.25) is 0 Å². The lowest BCUT2D eigenvalue weighted by Crippen LogP contribution is -2.05. The number of benzene rings is 2. The average molecular weight is 282 g/mol. The van der Waals surface area contributed by atoms with Gasteiger partial charge in [0.15, 0.2) is 17.3 Å². The zero-order valence-electron chi connectivity index (χ0n) is 9.32. The zero-order chi connectivity index (χ0) is 12.8. The highest BCUT2D eigenvalue weighted by Gasteiger charge is 2.38. The first-order valence-electron chi connectivity index (χ1n) is 5.47. The van der Waals surface area contributed by atoms with Crippen molar-refractivity contribution in [2.45, 2.75) is 6.10 Å². The van der Waals surface area contributed by atoms with E-state index in [1.165, 1.54) is 0 Å². The third-order valence-electron chi connectivity index (χ3n) is 2.97. The van der Waals surface area contributed by atoms with Gasteiger partial charge in [-0.3, -0.25) is 0 Å². The van der Waals surface area contributed by atoms with Crippen molar-refractivity contribution >= 4 is 35.4 Å². The molecule has 0 saturated heterocycles. The molecule has 2 N–H and O–H groups in total. The Kier molecular flexibility index (Phi) is 2.89. The average Bonchev–Trinajstić information content (AvgIpc) is 2.32. The van der Waals surface area contributed by atoms with Crippen molar-refractivity contribution in [3.05, 3.63) is 53.6 Å². The van der Waals surface area contributed by atoms with Gasteiger partial charge in [-0.2, -0.15) is 14.3 Å². The van der Waals surface area contributed by atoms with E-state index in [1.807, 2.05) is 42.5 Å². The Balaban J connectivity index is 2.16. The summed E-state index contributed by atoms with van der Waals surface area (Å²) in [6.07, 6.45) is 3.16. The summed E-state index contributed by atoms with van der Waals surface area (Å²) in [4.78, 5) is 18.5. The van der Waals surface area contributed by atoms with E-state index < -0.39 is 13.4 Å². The summed E-state index contributed by atoms with van der Waals surface area (Å²) in [5, 5.41) is 2.16. The van der Waals surface area contributed by atoms with Crippen LogP contribution in [0, 0.1) is 0 Å². The maximum absolute atomic E-state index is 9.25. The Morgan fingerprint density at radius 2 is 1.83 bits per heavy atom. The van der Waals surface area contributed by atoms with Crippen molar-refractivity contribution < 1.29 is 14.3 Å². The summed E-state index contributed by atoms with van der Waals surface area (Å²) in [5.41, 5.74) is 2.00. The van der Waals surface area contributed by atoms with Crippen LogP contribution in [0.25, 0.3) is 16.8 Å². The molecule has 1 aliphatic carbocycles. The first kappa shape index (κ1) is 12.1. The second-order valence-corrected chi connectivity index (χ2v) is 6.63. The summed E-state index contributed by atoms with van der Waals surface area (Å²) in [6.45, 7) is 0. The lowest BCUT2D eigenvalue weighted by atomic mass is 9.92. The third-order valence-corrected chi connectivity index (χ3v) is 3.71. The van der Waals surface area contributed by atoms with Gasteiger partial charge in [-0.25, -0.2) is 0 Å². The highest BCUT2D eigenvalue weighted by Crippen LogP contribution is 2.60. The SMILES string of the molecule is O[P+](O)(Cl)OC1C=Cc2cccc3cccc1c23. The molecule has 0 saturated carbocycles. The predicted octanol–water partition coefficient (Wildman–Crippen LogP) is 3.83. The molecule has 0 fully saturated rings. The molecule has 1 unspecified atom stereocenters. The molecule has 0 radical (unpaired) electrons. The second kappa shape index (κ2) is 4.30. The molecule has 0 aromatic heterocycles. The molecule has 5 heteroatoms. The van der Waals surface area contributed by atoms with Crippen LogP contribution in [0.1, 0.15) is 17.2 Å². The van der Waals surface area contributed by atoms with Crippen LogP contribution in [-0.4, -0.2) is 9.79 Å². The van der Waals surface area contributed by atoms with Gasteiger partial charge in [0, 0.05) is 0 Å². The van der Waals surface area contributed by atoms with E-state index in [4.69, 9.17) is 15.8 Å². The van der Waals surface area contributed by atoms with Crippen molar-refractivity contribution in [3.8, 4) is 0 Å². The van der Waals surface area contributed by atoms with Gasteiger partial charge in [-0.05, 0) is 28.0 Å². The Labute approximate surface area is 110 Å². The van der Waals surface area contributed by atoms with E-state index in [-0.39, 0.29) is 0 Å². The molecule has 92 valence electrons. The minimum absolute atomic E-state index is 0.524. The van der Waals surface area contributed by atoms with Crippen LogP contribution in [0.15, 0.2) is 42.5 Å². The van der Waals surface area contributed by atoms with Gasteiger partial charge in [-0.15, -0.1) is 0 Å². The van der Waals surface area contributed by atoms with Crippen LogP contribution in [0.3, 0.4) is 0 Å². The van der Waals surface area contributed by atoms with Crippen molar-refractivity contribution in [1.82, 2.24) is 0 Å².